The Hall–Kier alpha value is -2.89. The molecule has 0 aliphatic rings. The topological polar surface area (TPSA) is 79.9 Å². The van der Waals surface area contributed by atoms with E-state index in [9.17, 15) is 4.79 Å². The minimum atomic E-state index is -0.174. The molecule has 3 aromatic rings. The van der Waals surface area contributed by atoms with Crippen LogP contribution in [-0.4, -0.2) is 34.2 Å². The van der Waals surface area contributed by atoms with Crippen LogP contribution in [0.4, 0.5) is 0 Å². The van der Waals surface area contributed by atoms with E-state index >= 15 is 0 Å². The summed E-state index contributed by atoms with van der Waals surface area (Å²) in [5.41, 5.74) is 3.40. The molecule has 0 atom stereocenters. The first-order valence-corrected chi connectivity index (χ1v) is 8.67. The van der Waals surface area contributed by atoms with Gasteiger partial charge in [-0.15, -0.1) is 0 Å². The quantitative estimate of drug-likeness (QED) is 0.690. The number of H-pyrrole nitrogens is 1. The normalized spacial score (nSPS) is 11.5. The molecule has 0 aliphatic heterocycles. The molecule has 0 bridgehead atoms. The summed E-state index contributed by atoms with van der Waals surface area (Å²) in [5.74, 6) is 0.621. The maximum absolute atomic E-state index is 12.3. The minimum Gasteiger partial charge on any atom is -0.492 e. The van der Waals surface area contributed by atoms with E-state index in [1.165, 1.54) is 11.8 Å². The first kappa shape index (κ1) is 17.9. The zero-order chi connectivity index (χ0) is 18.7. The second kappa shape index (κ2) is 7.15. The van der Waals surface area contributed by atoms with Crippen LogP contribution in [0.1, 0.15) is 42.4 Å². The third-order valence-corrected chi connectivity index (χ3v) is 4.24. The van der Waals surface area contributed by atoms with E-state index in [1.807, 2.05) is 19.1 Å². The molecule has 0 unspecified atom stereocenters. The zero-order valence-electron chi connectivity index (χ0n) is 15.6. The highest BCUT2D eigenvalue weighted by Crippen LogP contribution is 2.24. The number of ether oxygens (including phenoxy) is 1. The standard InChI is InChI=1S/C20H24N4O2/c1-13-17-11-14(12-22-18(17)24-23-13)19(25)21-9-10-26-16-7-5-15(6-8-16)20(2,3)4/h5-8,11-12H,9-10H2,1-4H3,(H,21,25)(H,22,23,24). The number of benzene rings is 1. The van der Waals surface area contributed by atoms with Crippen molar-refractivity contribution in [1.82, 2.24) is 20.5 Å². The highest BCUT2D eigenvalue weighted by molar-refractivity contribution is 5.97. The predicted molar refractivity (Wildman–Crippen MR) is 102 cm³/mol. The number of nitrogens with zero attached hydrogens (tertiary/aromatic N) is 2. The Morgan fingerprint density at radius 1 is 1.23 bits per heavy atom. The van der Waals surface area contributed by atoms with Gasteiger partial charge in [-0.2, -0.15) is 5.10 Å². The fraction of sp³-hybridized carbons (Fsp3) is 0.350. The van der Waals surface area contributed by atoms with Gasteiger partial charge in [0.15, 0.2) is 5.65 Å². The summed E-state index contributed by atoms with van der Waals surface area (Å²) in [6.45, 7) is 9.25. The fourth-order valence-electron chi connectivity index (χ4n) is 2.63. The van der Waals surface area contributed by atoms with Crippen molar-refractivity contribution in [2.75, 3.05) is 13.2 Å². The van der Waals surface area contributed by atoms with Crippen LogP contribution in [0, 0.1) is 6.92 Å². The van der Waals surface area contributed by atoms with Crippen molar-refractivity contribution in [2.24, 2.45) is 0 Å². The van der Waals surface area contributed by atoms with Crippen molar-refractivity contribution >= 4 is 16.9 Å². The largest absolute Gasteiger partial charge is 0.492 e. The molecule has 6 nitrogen and oxygen atoms in total. The van der Waals surface area contributed by atoms with E-state index in [0.717, 1.165) is 16.8 Å². The number of amides is 1. The van der Waals surface area contributed by atoms with Gasteiger partial charge in [-0.3, -0.25) is 9.89 Å². The molecule has 2 heterocycles. The highest BCUT2D eigenvalue weighted by Gasteiger charge is 2.13. The van der Waals surface area contributed by atoms with Crippen molar-refractivity contribution in [1.29, 1.82) is 0 Å². The van der Waals surface area contributed by atoms with Gasteiger partial charge in [-0.25, -0.2) is 4.98 Å². The minimum absolute atomic E-state index is 0.120. The lowest BCUT2D eigenvalue weighted by atomic mass is 9.87. The van der Waals surface area contributed by atoms with Gasteiger partial charge in [0.05, 0.1) is 12.1 Å². The Morgan fingerprint density at radius 2 is 1.96 bits per heavy atom. The van der Waals surface area contributed by atoms with Crippen LogP contribution in [0.5, 0.6) is 5.75 Å². The first-order chi connectivity index (χ1) is 12.3. The van der Waals surface area contributed by atoms with Gasteiger partial charge < -0.3 is 10.1 Å². The Labute approximate surface area is 153 Å². The van der Waals surface area contributed by atoms with Crippen LogP contribution < -0.4 is 10.1 Å². The number of hydrogen-bond acceptors (Lipinski definition) is 4. The maximum atomic E-state index is 12.3. The molecule has 1 aromatic carbocycles. The molecule has 3 rings (SSSR count). The molecule has 2 N–H and O–H groups in total. The molecule has 0 aliphatic carbocycles. The smallest absolute Gasteiger partial charge is 0.252 e. The first-order valence-electron chi connectivity index (χ1n) is 8.67. The molecule has 0 saturated carbocycles. The Kier molecular flexibility index (Phi) is 4.93. The van der Waals surface area contributed by atoms with Crippen LogP contribution in [0.2, 0.25) is 0 Å². The number of pyridine rings is 1. The number of carbonyl (C=O) groups is 1. The maximum Gasteiger partial charge on any atom is 0.252 e. The molecule has 6 heteroatoms. The van der Waals surface area contributed by atoms with Crippen LogP contribution >= 0.6 is 0 Å². The van der Waals surface area contributed by atoms with E-state index in [-0.39, 0.29) is 11.3 Å². The summed E-state index contributed by atoms with van der Waals surface area (Å²) in [6.07, 6.45) is 1.53. The number of rotatable bonds is 5. The summed E-state index contributed by atoms with van der Waals surface area (Å²) < 4.78 is 5.69. The predicted octanol–water partition coefficient (Wildman–Crippen LogP) is 3.37. The third-order valence-electron chi connectivity index (χ3n) is 4.24. The number of carbonyl (C=O) groups excluding carboxylic acids is 1. The molecule has 0 radical (unpaired) electrons. The van der Waals surface area contributed by atoms with Gasteiger partial charge in [0.1, 0.15) is 12.4 Å². The number of aromatic amines is 1. The van der Waals surface area contributed by atoms with E-state index < -0.39 is 0 Å². The number of hydrogen-bond donors (Lipinski definition) is 2. The summed E-state index contributed by atoms with van der Waals surface area (Å²) in [4.78, 5) is 16.4. The Balaban J connectivity index is 1.51. The summed E-state index contributed by atoms with van der Waals surface area (Å²) in [7, 11) is 0. The van der Waals surface area contributed by atoms with Crippen molar-refractivity contribution in [3.8, 4) is 5.75 Å². The molecule has 0 spiro atoms. The van der Waals surface area contributed by atoms with Crippen molar-refractivity contribution in [3.63, 3.8) is 0 Å². The molecule has 2 aromatic heterocycles. The van der Waals surface area contributed by atoms with Crippen molar-refractivity contribution in [3.05, 3.63) is 53.3 Å². The molecule has 0 saturated heterocycles. The zero-order valence-corrected chi connectivity index (χ0v) is 15.6. The van der Waals surface area contributed by atoms with Crippen molar-refractivity contribution in [2.45, 2.75) is 33.1 Å². The van der Waals surface area contributed by atoms with Crippen LogP contribution in [-0.2, 0) is 5.41 Å². The van der Waals surface area contributed by atoms with E-state index in [4.69, 9.17) is 4.74 Å². The van der Waals surface area contributed by atoms with Gasteiger partial charge >= 0.3 is 0 Å². The number of nitrogens with one attached hydrogen (secondary N) is 2. The van der Waals surface area contributed by atoms with Gasteiger partial charge in [-0.05, 0) is 36.1 Å². The Bertz CT molecular complexity index is 908. The monoisotopic (exact) mass is 352 g/mol. The Morgan fingerprint density at radius 3 is 2.65 bits per heavy atom. The van der Waals surface area contributed by atoms with E-state index in [0.29, 0.717) is 24.4 Å². The average molecular weight is 352 g/mol. The molecular weight excluding hydrogens is 328 g/mol. The summed E-state index contributed by atoms with van der Waals surface area (Å²) in [6, 6.07) is 9.86. The number of aryl methyl sites for hydroxylation is 1. The van der Waals surface area contributed by atoms with E-state index in [1.54, 1.807) is 6.07 Å². The second-order valence-corrected chi connectivity index (χ2v) is 7.32. The lowest BCUT2D eigenvalue weighted by molar-refractivity contribution is 0.0947. The molecule has 1 amide bonds. The van der Waals surface area contributed by atoms with Gasteiger partial charge in [-0.1, -0.05) is 32.9 Å². The lowest BCUT2D eigenvalue weighted by Gasteiger charge is -2.19. The van der Waals surface area contributed by atoms with Crippen LogP contribution in [0.3, 0.4) is 0 Å². The van der Waals surface area contributed by atoms with Gasteiger partial charge in [0.25, 0.3) is 5.91 Å². The summed E-state index contributed by atoms with van der Waals surface area (Å²) in [5, 5.41) is 10.6. The van der Waals surface area contributed by atoms with Gasteiger partial charge in [0.2, 0.25) is 0 Å². The lowest BCUT2D eigenvalue weighted by Crippen LogP contribution is -2.28. The highest BCUT2D eigenvalue weighted by atomic mass is 16.5. The number of fused-ring (bicyclic) bond motifs is 1. The van der Waals surface area contributed by atoms with Gasteiger partial charge in [0, 0.05) is 17.3 Å². The second-order valence-electron chi connectivity index (χ2n) is 7.32. The van der Waals surface area contributed by atoms with Crippen molar-refractivity contribution < 1.29 is 9.53 Å². The SMILES string of the molecule is Cc1[nH]nc2ncc(C(=O)NCCOc3ccc(C(C)(C)C)cc3)cc12. The van der Waals surface area contributed by atoms with E-state index in [2.05, 4.69) is 53.4 Å². The number of aromatic nitrogens is 3. The van der Waals surface area contributed by atoms with Crippen LogP contribution in [0.15, 0.2) is 36.5 Å². The summed E-state index contributed by atoms with van der Waals surface area (Å²) >= 11 is 0. The average Bonchev–Trinajstić information content (AvgIpc) is 2.99. The third kappa shape index (κ3) is 4.02. The molecule has 136 valence electrons. The molecular formula is C20H24N4O2. The molecule has 26 heavy (non-hydrogen) atoms. The molecule has 0 fully saturated rings. The van der Waals surface area contributed by atoms with Crippen LogP contribution in [0.25, 0.3) is 11.0 Å². The fourth-order valence-corrected chi connectivity index (χ4v) is 2.63.